The van der Waals surface area contributed by atoms with E-state index < -0.39 is 0 Å². The van der Waals surface area contributed by atoms with Gasteiger partial charge in [0.2, 0.25) is 11.8 Å². The minimum absolute atomic E-state index is 0.0309. The Labute approximate surface area is 140 Å². The van der Waals surface area contributed by atoms with Crippen molar-refractivity contribution in [3.63, 3.8) is 0 Å². The second-order valence-corrected chi connectivity index (χ2v) is 7.19. The number of hydrogen-bond donors (Lipinski definition) is 0. The molecule has 23 heavy (non-hydrogen) atoms. The van der Waals surface area contributed by atoms with E-state index in [1.165, 1.54) is 23.1 Å². The van der Waals surface area contributed by atoms with Crippen molar-refractivity contribution in [3.8, 4) is 0 Å². The van der Waals surface area contributed by atoms with Gasteiger partial charge in [-0.2, -0.15) is 0 Å². The maximum Gasteiger partial charge on any atom is 0.272 e. The summed E-state index contributed by atoms with van der Waals surface area (Å²) < 4.78 is 7.96. The van der Waals surface area contributed by atoms with Crippen molar-refractivity contribution in [3.05, 3.63) is 46.2 Å². The van der Waals surface area contributed by atoms with Gasteiger partial charge in [-0.05, 0) is 24.3 Å². The summed E-state index contributed by atoms with van der Waals surface area (Å²) in [6.45, 7) is 4.15. The lowest BCUT2D eigenvalue weighted by atomic mass is 10.4. The number of nitrogens with zero attached hydrogens (tertiary/aromatic N) is 4. The molecular formula is C15H14N4O2S2. The fraction of sp³-hybridized carbons (Fsp3) is 0.333. The number of hydrogen-bond acceptors (Lipinski definition) is 7. The fourth-order valence-corrected chi connectivity index (χ4v) is 3.89. The molecule has 6 nitrogen and oxygen atoms in total. The van der Waals surface area contributed by atoms with E-state index in [2.05, 4.69) is 21.8 Å². The molecule has 0 amide bonds. The van der Waals surface area contributed by atoms with Crippen LogP contribution >= 0.6 is 23.1 Å². The lowest BCUT2D eigenvalue weighted by molar-refractivity contribution is 0.466. The van der Waals surface area contributed by atoms with Crippen LogP contribution in [0.3, 0.4) is 0 Å². The Morgan fingerprint density at radius 2 is 2.35 bits per heavy atom. The predicted octanol–water partition coefficient (Wildman–Crippen LogP) is 3.20. The van der Waals surface area contributed by atoms with Gasteiger partial charge in [0.15, 0.2) is 5.16 Å². The summed E-state index contributed by atoms with van der Waals surface area (Å²) in [7, 11) is 0. The maximum absolute atomic E-state index is 12.5. The van der Waals surface area contributed by atoms with Gasteiger partial charge in [-0.3, -0.25) is 9.36 Å². The number of rotatable bonds is 6. The highest BCUT2D eigenvalue weighted by atomic mass is 32.2. The van der Waals surface area contributed by atoms with E-state index in [1.807, 2.05) is 11.4 Å². The first kappa shape index (κ1) is 14.6. The molecule has 1 aliphatic carbocycles. The van der Waals surface area contributed by atoms with E-state index in [9.17, 15) is 4.79 Å². The highest BCUT2D eigenvalue weighted by molar-refractivity contribution is 7.98. The first-order valence-corrected chi connectivity index (χ1v) is 9.17. The zero-order chi connectivity index (χ0) is 15.8. The normalized spacial score (nSPS) is 14.4. The molecule has 0 N–H and O–H groups in total. The average molecular weight is 346 g/mol. The molecule has 3 heterocycles. The quantitative estimate of drug-likeness (QED) is 0.388. The van der Waals surface area contributed by atoms with Crippen LogP contribution in [-0.2, 0) is 12.3 Å². The van der Waals surface area contributed by atoms with Crippen molar-refractivity contribution < 1.29 is 4.42 Å². The third-order valence-electron chi connectivity index (χ3n) is 3.58. The molecule has 0 bridgehead atoms. The maximum atomic E-state index is 12.5. The van der Waals surface area contributed by atoms with Gasteiger partial charge in [-0.15, -0.1) is 28.1 Å². The third kappa shape index (κ3) is 2.84. The molecule has 0 radical (unpaired) electrons. The van der Waals surface area contributed by atoms with E-state index in [0.29, 0.717) is 34.0 Å². The Balaban J connectivity index is 1.62. The molecule has 8 heteroatoms. The topological polar surface area (TPSA) is 73.8 Å². The fourth-order valence-electron chi connectivity index (χ4n) is 2.27. The van der Waals surface area contributed by atoms with Crippen LogP contribution in [0.15, 0.2) is 38.5 Å². The Morgan fingerprint density at radius 3 is 3.13 bits per heavy atom. The SMILES string of the molecule is C=CCn1c(SCc2nnc(C3CC3)o2)nc2ccsc2c1=O. The molecule has 0 aliphatic heterocycles. The number of thioether (sulfide) groups is 1. The molecular weight excluding hydrogens is 332 g/mol. The van der Waals surface area contributed by atoms with Gasteiger partial charge in [-0.1, -0.05) is 17.8 Å². The Hall–Kier alpha value is -1.93. The van der Waals surface area contributed by atoms with E-state index in [4.69, 9.17) is 4.42 Å². The van der Waals surface area contributed by atoms with Crippen molar-refractivity contribution >= 4 is 33.3 Å². The smallest absolute Gasteiger partial charge is 0.272 e. The van der Waals surface area contributed by atoms with Crippen LogP contribution in [0.2, 0.25) is 0 Å². The van der Waals surface area contributed by atoms with Gasteiger partial charge >= 0.3 is 0 Å². The van der Waals surface area contributed by atoms with E-state index >= 15 is 0 Å². The summed E-state index contributed by atoms with van der Waals surface area (Å²) in [6.07, 6.45) is 3.96. The minimum atomic E-state index is -0.0309. The van der Waals surface area contributed by atoms with Gasteiger partial charge in [0.25, 0.3) is 5.56 Å². The summed E-state index contributed by atoms with van der Waals surface area (Å²) in [4.78, 5) is 17.1. The summed E-state index contributed by atoms with van der Waals surface area (Å²) in [6, 6.07) is 1.86. The largest absolute Gasteiger partial charge is 0.424 e. The molecule has 0 unspecified atom stereocenters. The lowest BCUT2D eigenvalue weighted by Crippen LogP contribution is -2.21. The van der Waals surface area contributed by atoms with Crippen LogP contribution in [0.5, 0.6) is 0 Å². The minimum Gasteiger partial charge on any atom is -0.424 e. The number of thiophene rings is 1. The number of fused-ring (bicyclic) bond motifs is 1. The first-order valence-electron chi connectivity index (χ1n) is 7.30. The molecule has 0 saturated heterocycles. The first-order chi connectivity index (χ1) is 11.3. The molecule has 0 aromatic carbocycles. The van der Waals surface area contributed by atoms with Crippen molar-refractivity contribution in [2.75, 3.05) is 0 Å². The third-order valence-corrected chi connectivity index (χ3v) is 5.43. The molecule has 3 aromatic heterocycles. The molecule has 1 saturated carbocycles. The van der Waals surface area contributed by atoms with Crippen molar-refractivity contribution in [1.82, 2.24) is 19.7 Å². The van der Waals surface area contributed by atoms with Crippen LogP contribution in [0.25, 0.3) is 10.2 Å². The van der Waals surface area contributed by atoms with Crippen molar-refractivity contribution in [1.29, 1.82) is 0 Å². The zero-order valence-electron chi connectivity index (χ0n) is 12.3. The van der Waals surface area contributed by atoms with E-state index in [-0.39, 0.29) is 5.56 Å². The van der Waals surface area contributed by atoms with E-state index in [1.54, 1.807) is 10.6 Å². The van der Waals surface area contributed by atoms with Gasteiger partial charge in [0.05, 0.1) is 11.3 Å². The van der Waals surface area contributed by atoms with Gasteiger partial charge < -0.3 is 4.42 Å². The highest BCUT2D eigenvalue weighted by Gasteiger charge is 2.29. The van der Waals surface area contributed by atoms with Crippen molar-refractivity contribution in [2.45, 2.75) is 36.2 Å². The van der Waals surface area contributed by atoms with Crippen LogP contribution in [0.1, 0.15) is 30.5 Å². The monoisotopic (exact) mass is 346 g/mol. The van der Waals surface area contributed by atoms with Gasteiger partial charge in [0.1, 0.15) is 4.70 Å². The molecule has 4 rings (SSSR count). The highest BCUT2D eigenvalue weighted by Crippen LogP contribution is 2.39. The molecule has 1 fully saturated rings. The average Bonchev–Trinajstić information content (AvgIpc) is 3.10. The van der Waals surface area contributed by atoms with E-state index in [0.717, 1.165) is 24.2 Å². The predicted molar refractivity (Wildman–Crippen MR) is 89.9 cm³/mol. The van der Waals surface area contributed by atoms with Crippen LogP contribution in [0.4, 0.5) is 0 Å². The van der Waals surface area contributed by atoms with Crippen molar-refractivity contribution in [2.24, 2.45) is 0 Å². The lowest BCUT2D eigenvalue weighted by Gasteiger charge is -2.08. The van der Waals surface area contributed by atoms with Crippen LogP contribution in [0, 0.1) is 0 Å². The molecule has 0 atom stereocenters. The number of allylic oxidation sites excluding steroid dienone is 1. The molecule has 3 aromatic rings. The van der Waals surface area contributed by atoms with Crippen LogP contribution in [-0.4, -0.2) is 19.7 Å². The second kappa shape index (κ2) is 5.93. The Bertz CT molecular complexity index is 923. The Kier molecular flexibility index (Phi) is 3.78. The number of aromatic nitrogens is 4. The summed E-state index contributed by atoms with van der Waals surface area (Å²) in [5.41, 5.74) is 0.698. The summed E-state index contributed by atoms with van der Waals surface area (Å²) in [5, 5.41) is 10.7. The second-order valence-electron chi connectivity index (χ2n) is 5.33. The Morgan fingerprint density at radius 1 is 1.48 bits per heavy atom. The standard InChI is InChI=1S/C15H14N4O2S2/c1-2-6-19-14(20)12-10(5-7-22-12)16-15(19)23-8-11-17-18-13(21-11)9-3-4-9/h2,5,7,9H,1,3-4,6,8H2. The molecule has 0 spiro atoms. The van der Waals surface area contributed by atoms with Gasteiger partial charge in [-0.25, -0.2) is 4.98 Å². The molecule has 1 aliphatic rings. The summed E-state index contributed by atoms with van der Waals surface area (Å²) in [5.74, 6) is 2.24. The molecule has 118 valence electrons. The van der Waals surface area contributed by atoms with Gasteiger partial charge in [0, 0.05) is 12.5 Å². The zero-order valence-corrected chi connectivity index (χ0v) is 13.9. The summed E-state index contributed by atoms with van der Waals surface area (Å²) >= 11 is 2.84. The van der Waals surface area contributed by atoms with Crippen LogP contribution < -0.4 is 5.56 Å².